The summed E-state index contributed by atoms with van der Waals surface area (Å²) in [7, 11) is 0. The van der Waals surface area contributed by atoms with Gasteiger partial charge in [-0.2, -0.15) is 0 Å². The van der Waals surface area contributed by atoms with Crippen molar-refractivity contribution in [2.45, 2.75) is 6.42 Å². The van der Waals surface area contributed by atoms with E-state index in [1.165, 1.54) is 29.2 Å². The Bertz CT molecular complexity index is 528. The number of hydrogen-bond donors (Lipinski definition) is 1. The second kappa shape index (κ2) is 7.34. The van der Waals surface area contributed by atoms with E-state index in [9.17, 15) is 14.9 Å². The molecule has 1 amide bonds. The number of nitro benzene ring substituents is 1. The highest BCUT2D eigenvalue weighted by Crippen LogP contribution is 2.13. The first-order valence-electron chi connectivity index (χ1n) is 5.88. The van der Waals surface area contributed by atoms with Gasteiger partial charge in [0.15, 0.2) is 0 Å². The van der Waals surface area contributed by atoms with Crippen LogP contribution in [0.1, 0.15) is 16.8 Å². The molecule has 0 spiro atoms. The van der Waals surface area contributed by atoms with E-state index in [0.29, 0.717) is 30.1 Å². The van der Waals surface area contributed by atoms with Crippen molar-refractivity contribution in [2.75, 3.05) is 13.1 Å². The van der Waals surface area contributed by atoms with Crippen LogP contribution >= 0.6 is 12.2 Å². The van der Waals surface area contributed by atoms with Crippen molar-refractivity contribution in [3.8, 4) is 0 Å². The topological polar surface area (TPSA) is 89.5 Å². The first kappa shape index (κ1) is 15.8. The van der Waals surface area contributed by atoms with Crippen LogP contribution in [0.4, 0.5) is 5.69 Å². The maximum atomic E-state index is 12.3. The lowest BCUT2D eigenvalue weighted by Gasteiger charge is -2.20. The summed E-state index contributed by atoms with van der Waals surface area (Å²) in [4.78, 5) is 24.2. The van der Waals surface area contributed by atoms with Gasteiger partial charge in [0.1, 0.15) is 0 Å². The first-order chi connectivity index (χ1) is 9.45. The monoisotopic (exact) mass is 293 g/mol. The minimum absolute atomic E-state index is 0.0556. The third-order valence-corrected chi connectivity index (χ3v) is 2.79. The van der Waals surface area contributed by atoms with Crippen LogP contribution in [-0.4, -0.2) is 33.8 Å². The fraction of sp³-hybridized carbons (Fsp3) is 0.231. The number of thiocarbonyl (C=S) groups is 1. The fourth-order valence-corrected chi connectivity index (χ4v) is 1.68. The Morgan fingerprint density at radius 3 is 2.50 bits per heavy atom. The molecule has 1 aromatic carbocycles. The highest BCUT2D eigenvalue weighted by Gasteiger charge is 2.15. The Hall–Kier alpha value is -2.28. The Kier molecular flexibility index (Phi) is 5.79. The van der Waals surface area contributed by atoms with Crippen molar-refractivity contribution in [2.24, 2.45) is 5.73 Å². The molecule has 0 aromatic heterocycles. The third-order valence-electron chi connectivity index (χ3n) is 2.59. The molecule has 0 bridgehead atoms. The molecule has 0 saturated heterocycles. The van der Waals surface area contributed by atoms with E-state index in [1.54, 1.807) is 6.08 Å². The lowest BCUT2D eigenvalue weighted by molar-refractivity contribution is -0.384. The van der Waals surface area contributed by atoms with Gasteiger partial charge in [0.05, 0.1) is 9.91 Å². The number of rotatable bonds is 7. The minimum atomic E-state index is -0.511. The van der Waals surface area contributed by atoms with Gasteiger partial charge in [-0.25, -0.2) is 0 Å². The molecule has 0 radical (unpaired) electrons. The number of nitrogens with zero attached hydrogens (tertiary/aromatic N) is 2. The number of nitrogens with two attached hydrogens (primary N) is 1. The van der Waals surface area contributed by atoms with Gasteiger partial charge >= 0.3 is 0 Å². The predicted octanol–water partition coefficient (Wildman–Crippen LogP) is 1.90. The smallest absolute Gasteiger partial charge is 0.269 e. The van der Waals surface area contributed by atoms with Crippen molar-refractivity contribution in [1.29, 1.82) is 0 Å². The summed E-state index contributed by atoms with van der Waals surface area (Å²) in [6, 6.07) is 5.45. The molecular formula is C13H15N3O3S. The number of hydrogen-bond acceptors (Lipinski definition) is 4. The predicted molar refractivity (Wildman–Crippen MR) is 80.6 cm³/mol. The van der Waals surface area contributed by atoms with Gasteiger partial charge in [-0.1, -0.05) is 18.3 Å². The molecule has 7 heteroatoms. The average molecular weight is 293 g/mol. The van der Waals surface area contributed by atoms with Crippen LogP contribution in [-0.2, 0) is 0 Å². The Morgan fingerprint density at radius 1 is 1.45 bits per heavy atom. The van der Waals surface area contributed by atoms with E-state index < -0.39 is 4.92 Å². The Morgan fingerprint density at radius 2 is 2.05 bits per heavy atom. The number of nitro groups is 1. The van der Waals surface area contributed by atoms with Gasteiger partial charge in [0, 0.05) is 37.2 Å². The lowest BCUT2D eigenvalue weighted by atomic mass is 10.1. The summed E-state index contributed by atoms with van der Waals surface area (Å²) in [5, 5.41) is 10.6. The molecule has 0 aliphatic carbocycles. The molecule has 0 saturated carbocycles. The van der Waals surface area contributed by atoms with Crippen molar-refractivity contribution in [1.82, 2.24) is 4.90 Å². The molecule has 6 nitrogen and oxygen atoms in total. The van der Waals surface area contributed by atoms with E-state index in [2.05, 4.69) is 6.58 Å². The lowest BCUT2D eigenvalue weighted by Crippen LogP contribution is -2.33. The highest BCUT2D eigenvalue weighted by molar-refractivity contribution is 7.80. The summed E-state index contributed by atoms with van der Waals surface area (Å²) >= 11 is 4.79. The van der Waals surface area contributed by atoms with Crippen LogP contribution in [0.15, 0.2) is 36.9 Å². The van der Waals surface area contributed by atoms with Gasteiger partial charge in [-0.3, -0.25) is 14.9 Å². The molecule has 106 valence electrons. The molecular weight excluding hydrogens is 278 g/mol. The third kappa shape index (κ3) is 4.43. The van der Waals surface area contributed by atoms with Crippen LogP contribution in [0.3, 0.4) is 0 Å². The van der Waals surface area contributed by atoms with Gasteiger partial charge in [-0.15, -0.1) is 6.58 Å². The average Bonchev–Trinajstić information content (AvgIpc) is 2.42. The Balaban J connectivity index is 2.85. The standard InChI is InChI=1S/C13H15N3O3S/c1-2-8-15(9-7-12(14)20)13(17)10-3-5-11(6-4-10)16(18)19/h2-6H,1,7-9H2,(H2,14,20). The summed E-state index contributed by atoms with van der Waals surface area (Å²) < 4.78 is 0. The van der Waals surface area contributed by atoms with Crippen molar-refractivity contribution < 1.29 is 9.72 Å². The highest BCUT2D eigenvalue weighted by atomic mass is 32.1. The molecule has 1 aromatic rings. The van der Waals surface area contributed by atoms with E-state index in [1.807, 2.05) is 0 Å². The van der Waals surface area contributed by atoms with Crippen LogP contribution in [0, 0.1) is 10.1 Å². The van der Waals surface area contributed by atoms with Crippen molar-refractivity contribution in [3.63, 3.8) is 0 Å². The largest absolute Gasteiger partial charge is 0.393 e. The number of carbonyl (C=O) groups is 1. The summed E-state index contributed by atoms with van der Waals surface area (Å²) in [6.45, 7) is 4.34. The van der Waals surface area contributed by atoms with Gasteiger partial charge < -0.3 is 10.6 Å². The molecule has 0 unspecified atom stereocenters. The Labute approximate surface area is 122 Å². The van der Waals surface area contributed by atoms with Gasteiger partial charge in [-0.05, 0) is 12.1 Å². The molecule has 0 heterocycles. The van der Waals surface area contributed by atoms with Crippen molar-refractivity contribution in [3.05, 3.63) is 52.6 Å². The van der Waals surface area contributed by atoms with Crippen LogP contribution in [0.25, 0.3) is 0 Å². The van der Waals surface area contributed by atoms with E-state index in [-0.39, 0.29) is 11.6 Å². The zero-order valence-electron chi connectivity index (χ0n) is 10.8. The van der Waals surface area contributed by atoms with Crippen LogP contribution in [0.2, 0.25) is 0 Å². The normalized spacial score (nSPS) is 9.80. The maximum Gasteiger partial charge on any atom is 0.269 e. The number of amides is 1. The van der Waals surface area contributed by atoms with E-state index in [4.69, 9.17) is 18.0 Å². The van der Waals surface area contributed by atoms with Crippen LogP contribution in [0.5, 0.6) is 0 Å². The molecule has 0 fully saturated rings. The summed E-state index contributed by atoms with van der Waals surface area (Å²) in [5.41, 5.74) is 5.74. The van der Waals surface area contributed by atoms with Crippen LogP contribution < -0.4 is 5.73 Å². The molecule has 20 heavy (non-hydrogen) atoms. The number of benzene rings is 1. The number of carbonyl (C=O) groups excluding carboxylic acids is 1. The summed E-state index contributed by atoms with van der Waals surface area (Å²) in [5.74, 6) is -0.240. The van der Waals surface area contributed by atoms with Gasteiger partial charge in [0.25, 0.3) is 11.6 Å². The van der Waals surface area contributed by atoms with Crippen molar-refractivity contribution >= 4 is 28.8 Å². The minimum Gasteiger partial charge on any atom is -0.393 e. The molecule has 0 aliphatic rings. The zero-order valence-corrected chi connectivity index (χ0v) is 11.6. The fourth-order valence-electron chi connectivity index (χ4n) is 1.59. The van der Waals surface area contributed by atoms with Gasteiger partial charge in [0.2, 0.25) is 0 Å². The molecule has 0 atom stereocenters. The SMILES string of the molecule is C=CCN(CCC(N)=S)C(=O)c1ccc([N+](=O)[O-])cc1. The second-order valence-corrected chi connectivity index (χ2v) is 4.58. The summed E-state index contributed by atoms with van der Waals surface area (Å²) in [6.07, 6.45) is 2.02. The second-order valence-electron chi connectivity index (χ2n) is 4.06. The maximum absolute atomic E-state index is 12.3. The first-order valence-corrected chi connectivity index (χ1v) is 6.29. The van der Waals surface area contributed by atoms with E-state index in [0.717, 1.165) is 0 Å². The number of non-ortho nitro benzene ring substituents is 1. The molecule has 0 aliphatic heterocycles. The zero-order chi connectivity index (χ0) is 15.1. The molecule has 2 N–H and O–H groups in total. The molecule has 1 rings (SSSR count). The van der Waals surface area contributed by atoms with E-state index >= 15 is 0 Å². The quantitative estimate of drug-likeness (QED) is 0.359.